The summed E-state index contributed by atoms with van der Waals surface area (Å²) in [6, 6.07) is 0. The zero-order chi connectivity index (χ0) is 25.1. The average Bonchev–Trinajstić information content (AvgIpc) is 2.74. The van der Waals surface area contributed by atoms with Crippen LogP contribution in [0, 0.1) is 56.7 Å². The van der Waals surface area contributed by atoms with Crippen molar-refractivity contribution in [2.24, 2.45) is 56.7 Å². The number of aliphatic carboxylic acids is 1. The lowest BCUT2D eigenvalue weighted by Crippen LogP contribution is -2.67. The topological polar surface area (TPSA) is 57.5 Å². The van der Waals surface area contributed by atoms with Gasteiger partial charge in [0.25, 0.3) is 0 Å². The molecule has 0 heterocycles. The van der Waals surface area contributed by atoms with Crippen molar-refractivity contribution in [1.29, 1.82) is 0 Å². The lowest BCUT2D eigenvalue weighted by Gasteiger charge is -2.72. The van der Waals surface area contributed by atoms with Crippen molar-refractivity contribution >= 4 is 5.97 Å². The van der Waals surface area contributed by atoms with Gasteiger partial charge < -0.3 is 10.2 Å². The van der Waals surface area contributed by atoms with Gasteiger partial charge in [0.2, 0.25) is 0 Å². The Balaban J connectivity index is 1.61. The predicted octanol–water partition coefficient (Wildman–Crippen LogP) is 7.48. The van der Waals surface area contributed by atoms with Gasteiger partial charge in [-0.25, -0.2) is 0 Å². The van der Waals surface area contributed by atoms with Crippen molar-refractivity contribution in [1.82, 2.24) is 0 Å². The third-order valence-corrected chi connectivity index (χ3v) is 14.1. The summed E-state index contributed by atoms with van der Waals surface area (Å²) >= 11 is 0. The summed E-state index contributed by atoms with van der Waals surface area (Å²) in [5.41, 5.74) is 0.733. The van der Waals surface area contributed by atoms with Gasteiger partial charge >= 0.3 is 5.97 Å². The average molecular weight is 471 g/mol. The molecule has 0 aliphatic heterocycles. The van der Waals surface area contributed by atoms with E-state index in [-0.39, 0.29) is 27.6 Å². The van der Waals surface area contributed by atoms with Gasteiger partial charge in [-0.1, -0.05) is 60.1 Å². The Kier molecular flexibility index (Phi) is 5.22. The molecule has 5 rings (SSSR count). The Bertz CT molecular complexity index is 916. The molecule has 10 atom stereocenters. The van der Waals surface area contributed by atoms with E-state index in [2.05, 4.69) is 61.5 Å². The first-order valence-electron chi connectivity index (χ1n) is 14.2. The van der Waals surface area contributed by atoms with E-state index in [9.17, 15) is 15.0 Å². The van der Waals surface area contributed by atoms with Gasteiger partial charge in [0.15, 0.2) is 0 Å². The van der Waals surface area contributed by atoms with E-state index in [4.69, 9.17) is 0 Å². The van der Waals surface area contributed by atoms with Gasteiger partial charge in [0, 0.05) is 0 Å². The highest BCUT2D eigenvalue weighted by Gasteiger charge is 2.70. The molecule has 1 unspecified atom stereocenters. The molecule has 0 aromatic heterocycles. The molecular formula is C31H50O3. The number of rotatable bonds is 1. The SMILES string of the molecule is C[C@H]1[C@H](C)CC[C@]2(C(=O)O)CC[C@]3(C)C(=CC[C@@H]4[C@@]5(C)CC[C@](C)(O)C(C)(C)C5CC[C@]43C)[C@H]12. The largest absolute Gasteiger partial charge is 0.481 e. The van der Waals surface area contributed by atoms with Crippen molar-refractivity contribution in [3.8, 4) is 0 Å². The minimum absolute atomic E-state index is 0.0724. The van der Waals surface area contributed by atoms with Crippen LogP contribution < -0.4 is 0 Å². The van der Waals surface area contributed by atoms with E-state index in [1.807, 2.05) is 0 Å². The molecule has 4 fully saturated rings. The van der Waals surface area contributed by atoms with Crippen molar-refractivity contribution in [3.63, 3.8) is 0 Å². The summed E-state index contributed by atoms with van der Waals surface area (Å²) in [6.07, 6.45) is 11.7. The van der Waals surface area contributed by atoms with Crippen molar-refractivity contribution in [2.75, 3.05) is 0 Å². The fraction of sp³-hybridized carbons (Fsp3) is 0.903. The second-order valence-electron chi connectivity index (χ2n) is 15.1. The molecular weight excluding hydrogens is 420 g/mol. The molecule has 0 aromatic rings. The number of hydrogen-bond donors (Lipinski definition) is 2. The van der Waals surface area contributed by atoms with Crippen LogP contribution in [0.5, 0.6) is 0 Å². The van der Waals surface area contributed by atoms with Crippen LogP contribution in [0.1, 0.15) is 113 Å². The van der Waals surface area contributed by atoms with E-state index in [0.717, 1.165) is 44.9 Å². The molecule has 34 heavy (non-hydrogen) atoms. The first kappa shape index (κ1) is 24.8. The maximum atomic E-state index is 12.8. The van der Waals surface area contributed by atoms with Crippen molar-refractivity contribution < 1.29 is 15.0 Å². The molecule has 5 aliphatic carbocycles. The smallest absolute Gasteiger partial charge is 0.310 e. The molecule has 4 saturated carbocycles. The van der Waals surface area contributed by atoms with Gasteiger partial charge in [0.1, 0.15) is 0 Å². The molecule has 0 bridgehead atoms. The van der Waals surface area contributed by atoms with Crippen LogP contribution in [0.2, 0.25) is 0 Å². The minimum atomic E-state index is -0.607. The third kappa shape index (κ3) is 2.72. The summed E-state index contributed by atoms with van der Waals surface area (Å²) in [5, 5.41) is 21.9. The highest BCUT2D eigenvalue weighted by Crippen LogP contribution is 2.76. The van der Waals surface area contributed by atoms with Crippen LogP contribution in [0.25, 0.3) is 0 Å². The number of aliphatic hydroxyl groups is 1. The number of carbonyl (C=O) groups is 1. The number of carboxylic acid groups (broad SMARTS) is 1. The maximum absolute atomic E-state index is 12.8. The molecule has 2 N–H and O–H groups in total. The Morgan fingerprint density at radius 1 is 0.882 bits per heavy atom. The second kappa shape index (κ2) is 7.14. The van der Waals surface area contributed by atoms with Crippen LogP contribution in [0.4, 0.5) is 0 Å². The lowest BCUT2D eigenvalue weighted by atomic mass is 9.32. The van der Waals surface area contributed by atoms with Crippen LogP contribution >= 0.6 is 0 Å². The monoisotopic (exact) mass is 470 g/mol. The normalized spacial score (nSPS) is 56.3. The highest BCUT2D eigenvalue weighted by molar-refractivity contribution is 5.76. The molecule has 0 aromatic carbocycles. The van der Waals surface area contributed by atoms with Crippen LogP contribution in [0.3, 0.4) is 0 Å². The predicted molar refractivity (Wildman–Crippen MR) is 137 cm³/mol. The molecule has 5 aliphatic rings. The van der Waals surface area contributed by atoms with E-state index >= 15 is 0 Å². The molecule has 0 amide bonds. The Hall–Kier alpha value is -0.830. The summed E-state index contributed by atoms with van der Waals surface area (Å²) in [4.78, 5) is 12.8. The molecule has 192 valence electrons. The third-order valence-electron chi connectivity index (χ3n) is 14.1. The molecule has 3 heteroatoms. The number of hydrogen-bond acceptors (Lipinski definition) is 2. The first-order chi connectivity index (χ1) is 15.6. The van der Waals surface area contributed by atoms with Gasteiger partial charge in [-0.2, -0.15) is 0 Å². The van der Waals surface area contributed by atoms with Gasteiger partial charge in [-0.05, 0) is 116 Å². The van der Waals surface area contributed by atoms with Gasteiger partial charge in [0.05, 0.1) is 11.0 Å². The Labute approximate surface area is 208 Å². The summed E-state index contributed by atoms with van der Waals surface area (Å²) in [5.74, 6) is 1.76. The number of fused-ring (bicyclic) bond motifs is 7. The number of allylic oxidation sites excluding steroid dienone is 2. The maximum Gasteiger partial charge on any atom is 0.310 e. The minimum Gasteiger partial charge on any atom is -0.481 e. The Morgan fingerprint density at radius 3 is 2.21 bits per heavy atom. The summed E-state index contributed by atoms with van der Waals surface area (Å²) in [7, 11) is 0. The molecule has 3 nitrogen and oxygen atoms in total. The zero-order valence-electron chi connectivity index (χ0n) is 23.1. The lowest BCUT2D eigenvalue weighted by molar-refractivity contribution is -0.230. The zero-order valence-corrected chi connectivity index (χ0v) is 23.1. The van der Waals surface area contributed by atoms with Crippen LogP contribution in [-0.4, -0.2) is 21.8 Å². The fourth-order valence-corrected chi connectivity index (χ4v) is 11.0. The van der Waals surface area contributed by atoms with E-state index in [1.165, 1.54) is 18.4 Å². The quantitative estimate of drug-likeness (QED) is 0.391. The molecule has 0 saturated heterocycles. The van der Waals surface area contributed by atoms with Crippen molar-refractivity contribution in [3.05, 3.63) is 11.6 Å². The molecule has 0 radical (unpaired) electrons. The van der Waals surface area contributed by atoms with Crippen LogP contribution in [0.15, 0.2) is 11.6 Å². The highest BCUT2D eigenvalue weighted by atomic mass is 16.4. The molecule has 0 spiro atoms. The van der Waals surface area contributed by atoms with E-state index in [1.54, 1.807) is 0 Å². The van der Waals surface area contributed by atoms with Crippen LogP contribution in [-0.2, 0) is 4.79 Å². The van der Waals surface area contributed by atoms with E-state index in [0.29, 0.717) is 23.7 Å². The second-order valence-corrected chi connectivity index (χ2v) is 15.1. The fourth-order valence-electron chi connectivity index (χ4n) is 11.0. The Morgan fingerprint density at radius 2 is 1.56 bits per heavy atom. The number of carboxylic acids is 1. The van der Waals surface area contributed by atoms with E-state index < -0.39 is 17.0 Å². The first-order valence-corrected chi connectivity index (χ1v) is 14.2. The van der Waals surface area contributed by atoms with Crippen molar-refractivity contribution in [2.45, 2.75) is 119 Å². The summed E-state index contributed by atoms with van der Waals surface area (Å²) < 4.78 is 0. The van der Waals surface area contributed by atoms with Gasteiger partial charge in [-0.15, -0.1) is 0 Å². The standard InChI is InChI=1S/C31H50O3/c1-19-11-14-31(25(32)33)18-16-28(6)21(24(31)20(19)2)9-10-23-27(5)15-17-30(8,34)26(3,4)22(27)12-13-29(23,28)7/h9,19-20,22-24,34H,10-18H2,1-8H3,(H,32,33)/t19-,20+,22?,23-,24+,27+,28-,29-,30+,31+/m1/s1. The summed E-state index contributed by atoms with van der Waals surface area (Å²) in [6.45, 7) is 19.0. The van der Waals surface area contributed by atoms with Gasteiger partial charge in [-0.3, -0.25) is 4.79 Å².